The maximum Gasteiger partial charge on any atom is 0.226 e. The van der Waals surface area contributed by atoms with Gasteiger partial charge in [0, 0.05) is 36.4 Å². The van der Waals surface area contributed by atoms with Crippen LogP contribution in [0.4, 0.5) is 0 Å². The van der Waals surface area contributed by atoms with Crippen LogP contribution in [0.3, 0.4) is 0 Å². The molecule has 0 N–H and O–H groups in total. The Morgan fingerprint density at radius 1 is 1.05 bits per heavy atom. The van der Waals surface area contributed by atoms with Crippen LogP contribution in [0.15, 0.2) is 11.8 Å². The van der Waals surface area contributed by atoms with Gasteiger partial charge in [0.05, 0.1) is 0 Å². The van der Waals surface area contributed by atoms with Crippen LogP contribution < -0.4 is 0 Å². The number of piperidine rings is 1. The fourth-order valence-corrected chi connectivity index (χ4v) is 6.35. The highest BCUT2D eigenvalue weighted by Gasteiger charge is 2.59. The van der Waals surface area contributed by atoms with Crippen LogP contribution in [0.1, 0.15) is 58.8 Å². The third kappa shape index (κ3) is 1.63. The SMILES string of the molecule is CN1C(=O)CC[C@@]2(C)C1=CCC1C2CC[C@]2(C)C(=O)CCC12. The predicted octanol–water partition coefficient (Wildman–Crippen LogP) is 3.54. The van der Waals surface area contributed by atoms with Gasteiger partial charge in [-0.1, -0.05) is 19.9 Å². The lowest BCUT2D eigenvalue weighted by molar-refractivity contribution is -0.137. The zero-order valence-corrected chi connectivity index (χ0v) is 14.0. The van der Waals surface area contributed by atoms with Crippen LogP contribution in [0.5, 0.6) is 0 Å². The average molecular weight is 301 g/mol. The highest BCUT2D eigenvalue weighted by molar-refractivity contribution is 5.87. The number of hydrogen-bond donors (Lipinski definition) is 0. The average Bonchev–Trinajstić information content (AvgIpc) is 2.79. The monoisotopic (exact) mass is 301 g/mol. The van der Waals surface area contributed by atoms with Crippen LogP contribution >= 0.6 is 0 Å². The van der Waals surface area contributed by atoms with Gasteiger partial charge in [-0.2, -0.15) is 0 Å². The molecule has 3 unspecified atom stereocenters. The molecule has 4 rings (SSSR count). The smallest absolute Gasteiger partial charge is 0.226 e. The van der Waals surface area contributed by atoms with E-state index in [-0.39, 0.29) is 16.7 Å². The van der Waals surface area contributed by atoms with Crippen molar-refractivity contribution >= 4 is 11.7 Å². The van der Waals surface area contributed by atoms with E-state index in [2.05, 4.69) is 19.9 Å². The van der Waals surface area contributed by atoms with Crippen molar-refractivity contribution in [2.24, 2.45) is 28.6 Å². The maximum absolute atomic E-state index is 12.4. The Morgan fingerprint density at radius 2 is 1.77 bits per heavy atom. The molecule has 5 atom stereocenters. The molecule has 4 aliphatic rings. The number of rotatable bonds is 0. The third-order valence-electron chi connectivity index (χ3n) is 7.73. The number of amides is 1. The number of carbonyl (C=O) groups is 2. The zero-order valence-electron chi connectivity index (χ0n) is 14.0. The number of ketones is 1. The molecule has 1 heterocycles. The molecule has 0 aromatic rings. The molecule has 3 nitrogen and oxygen atoms in total. The summed E-state index contributed by atoms with van der Waals surface area (Å²) in [6.45, 7) is 4.60. The minimum atomic E-state index is -0.0563. The van der Waals surface area contributed by atoms with Gasteiger partial charge in [-0.15, -0.1) is 0 Å². The number of Topliss-reactive ketones (excluding diaryl/α,β-unsaturated/α-hetero) is 1. The molecular formula is C19H27NO2. The molecule has 0 spiro atoms. The standard InChI is InChI=1S/C19H27NO2/c1-18-11-9-17(22)20(3)15(18)6-4-12-13-5-7-16(21)19(13,2)10-8-14(12)18/h6,12-14H,4-5,7-11H2,1-3H3/t12?,13?,14?,18-,19+/m1/s1. The van der Waals surface area contributed by atoms with Gasteiger partial charge in [0.25, 0.3) is 0 Å². The summed E-state index contributed by atoms with van der Waals surface area (Å²) in [6.07, 6.45) is 9.13. The first-order valence-corrected chi connectivity index (χ1v) is 8.88. The van der Waals surface area contributed by atoms with Crippen molar-refractivity contribution in [2.75, 3.05) is 7.05 Å². The molecular weight excluding hydrogens is 274 g/mol. The van der Waals surface area contributed by atoms with Crippen molar-refractivity contribution in [3.63, 3.8) is 0 Å². The number of hydrogen-bond acceptors (Lipinski definition) is 2. The molecule has 1 amide bonds. The van der Waals surface area contributed by atoms with E-state index >= 15 is 0 Å². The van der Waals surface area contributed by atoms with Crippen molar-refractivity contribution in [3.05, 3.63) is 11.8 Å². The lowest BCUT2D eigenvalue weighted by Gasteiger charge is -2.57. The molecule has 3 aliphatic carbocycles. The van der Waals surface area contributed by atoms with E-state index in [1.807, 2.05) is 11.9 Å². The van der Waals surface area contributed by atoms with Crippen LogP contribution in [0.25, 0.3) is 0 Å². The van der Waals surface area contributed by atoms with E-state index in [0.29, 0.717) is 30.0 Å². The Morgan fingerprint density at radius 3 is 2.55 bits per heavy atom. The normalized spacial score (nSPS) is 47.7. The molecule has 3 heteroatoms. The molecule has 1 aliphatic heterocycles. The number of carbonyl (C=O) groups excluding carboxylic acids is 2. The first-order valence-electron chi connectivity index (χ1n) is 8.88. The first kappa shape index (κ1) is 14.5. The largest absolute Gasteiger partial charge is 0.319 e. The second kappa shape index (κ2) is 4.46. The summed E-state index contributed by atoms with van der Waals surface area (Å²) < 4.78 is 0. The lowest BCUT2D eigenvalue weighted by Crippen LogP contribution is -2.53. The quantitative estimate of drug-likeness (QED) is 0.686. The Labute approximate surface area is 133 Å². The fraction of sp³-hybridized carbons (Fsp3) is 0.789. The minimum Gasteiger partial charge on any atom is -0.319 e. The van der Waals surface area contributed by atoms with Crippen molar-refractivity contribution in [3.8, 4) is 0 Å². The molecule has 3 fully saturated rings. The Bertz CT molecular complexity index is 580. The van der Waals surface area contributed by atoms with Gasteiger partial charge in [-0.05, 0) is 49.9 Å². The third-order valence-corrected chi connectivity index (χ3v) is 7.73. The summed E-state index contributed by atoms with van der Waals surface area (Å²) in [7, 11) is 1.94. The van der Waals surface area contributed by atoms with E-state index in [4.69, 9.17) is 0 Å². The van der Waals surface area contributed by atoms with Crippen molar-refractivity contribution < 1.29 is 9.59 Å². The highest BCUT2D eigenvalue weighted by Crippen LogP contribution is 2.63. The molecule has 2 saturated carbocycles. The molecule has 22 heavy (non-hydrogen) atoms. The number of nitrogens with zero attached hydrogens (tertiary/aromatic N) is 1. The fourth-order valence-electron chi connectivity index (χ4n) is 6.35. The summed E-state index contributed by atoms with van der Waals surface area (Å²) in [6, 6.07) is 0. The zero-order chi connectivity index (χ0) is 15.7. The van der Waals surface area contributed by atoms with E-state index in [1.54, 1.807) is 0 Å². The summed E-state index contributed by atoms with van der Waals surface area (Å²) in [5.74, 6) is 2.62. The van der Waals surface area contributed by atoms with Crippen LogP contribution in [-0.4, -0.2) is 23.6 Å². The molecule has 0 aromatic heterocycles. The van der Waals surface area contributed by atoms with E-state index < -0.39 is 0 Å². The van der Waals surface area contributed by atoms with Gasteiger partial charge in [-0.3, -0.25) is 9.59 Å². The van der Waals surface area contributed by atoms with E-state index in [0.717, 1.165) is 38.5 Å². The Balaban J connectivity index is 1.73. The highest BCUT2D eigenvalue weighted by atomic mass is 16.2. The minimum absolute atomic E-state index is 0.0563. The number of fused-ring (bicyclic) bond motifs is 5. The van der Waals surface area contributed by atoms with Gasteiger partial charge in [0.2, 0.25) is 5.91 Å². The first-order chi connectivity index (χ1) is 10.4. The topological polar surface area (TPSA) is 37.4 Å². The van der Waals surface area contributed by atoms with Gasteiger partial charge in [0.1, 0.15) is 5.78 Å². The maximum atomic E-state index is 12.4. The second-order valence-electron chi connectivity index (χ2n) is 8.49. The Kier molecular flexibility index (Phi) is 2.93. The van der Waals surface area contributed by atoms with Crippen molar-refractivity contribution in [2.45, 2.75) is 58.8 Å². The summed E-state index contributed by atoms with van der Waals surface area (Å²) in [5.41, 5.74) is 1.34. The predicted molar refractivity (Wildman–Crippen MR) is 84.9 cm³/mol. The van der Waals surface area contributed by atoms with E-state index in [1.165, 1.54) is 5.70 Å². The van der Waals surface area contributed by atoms with Gasteiger partial charge in [-0.25, -0.2) is 0 Å². The van der Waals surface area contributed by atoms with Gasteiger partial charge in [0.15, 0.2) is 0 Å². The molecule has 120 valence electrons. The van der Waals surface area contributed by atoms with Crippen molar-refractivity contribution in [1.29, 1.82) is 0 Å². The molecule has 1 saturated heterocycles. The number of likely N-dealkylation sites (tertiary alicyclic amines) is 1. The molecule has 0 bridgehead atoms. The number of allylic oxidation sites excluding steroid dienone is 2. The summed E-state index contributed by atoms with van der Waals surface area (Å²) >= 11 is 0. The lowest BCUT2D eigenvalue weighted by atomic mass is 9.50. The van der Waals surface area contributed by atoms with Crippen LogP contribution in [0.2, 0.25) is 0 Å². The Hall–Kier alpha value is -1.12. The van der Waals surface area contributed by atoms with E-state index in [9.17, 15) is 9.59 Å². The van der Waals surface area contributed by atoms with Crippen LogP contribution in [0, 0.1) is 28.6 Å². The summed E-state index contributed by atoms with van der Waals surface area (Å²) in [4.78, 5) is 26.4. The van der Waals surface area contributed by atoms with Crippen molar-refractivity contribution in [1.82, 2.24) is 4.90 Å². The van der Waals surface area contributed by atoms with Gasteiger partial charge >= 0.3 is 0 Å². The summed E-state index contributed by atoms with van der Waals surface area (Å²) in [5, 5.41) is 0. The van der Waals surface area contributed by atoms with Gasteiger partial charge < -0.3 is 4.90 Å². The molecule has 0 aromatic carbocycles. The van der Waals surface area contributed by atoms with Crippen LogP contribution in [-0.2, 0) is 9.59 Å². The second-order valence-corrected chi connectivity index (χ2v) is 8.49. The molecule has 0 radical (unpaired) electrons.